The van der Waals surface area contributed by atoms with Crippen LogP contribution in [0, 0.1) is 6.92 Å². The van der Waals surface area contributed by atoms with Gasteiger partial charge in [-0.05, 0) is 18.4 Å². The number of hydrogen-bond acceptors (Lipinski definition) is 9. The Bertz CT molecular complexity index is 927. The molecule has 0 aromatic carbocycles. The van der Waals surface area contributed by atoms with Crippen molar-refractivity contribution in [3.05, 3.63) is 35.5 Å². The Kier molecular flexibility index (Phi) is 3.04. The lowest BCUT2D eigenvalue weighted by molar-refractivity contribution is 0.381. The fourth-order valence-electron chi connectivity index (χ4n) is 1.98. The molecule has 0 bridgehead atoms. The maximum absolute atomic E-state index is 5.20. The van der Waals surface area contributed by atoms with E-state index in [2.05, 4.69) is 30.6 Å². The number of anilines is 1. The number of aryl methyl sites for hydroxylation is 1. The number of rotatable bonds is 4. The predicted molar refractivity (Wildman–Crippen MR) is 79.3 cm³/mol. The smallest absolute Gasteiger partial charge is 0.246 e. The van der Waals surface area contributed by atoms with Gasteiger partial charge >= 0.3 is 0 Å². The summed E-state index contributed by atoms with van der Waals surface area (Å²) in [5, 5.41) is 12.9. The summed E-state index contributed by atoms with van der Waals surface area (Å²) in [4.78, 5) is 12.7. The summed E-state index contributed by atoms with van der Waals surface area (Å²) in [6.45, 7) is 2.17. The fourth-order valence-corrected chi connectivity index (χ4v) is 2.79. The molecular weight excluding hydrogens is 304 g/mol. The van der Waals surface area contributed by atoms with E-state index in [9.17, 15) is 0 Å². The Morgan fingerprint density at radius 2 is 2.18 bits per heavy atom. The first-order chi connectivity index (χ1) is 10.8. The molecule has 4 aromatic rings. The normalized spacial score (nSPS) is 11.1. The summed E-state index contributed by atoms with van der Waals surface area (Å²) >= 11 is 1.58. The molecule has 0 saturated heterocycles. The lowest BCUT2D eigenvalue weighted by atomic mass is 10.4. The van der Waals surface area contributed by atoms with Gasteiger partial charge in [0.05, 0.1) is 16.8 Å². The van der Waals surface area contributed by atoms with Gasteiger partial charge in [0.1, 0.15) is 17.9 Å². The number of hydrogen-bond donors (Lipinski definition) is 1. The van der Waals surface area contributed by atoms with E-state index in [1.807, 2.05) is 11.4 Å². The molecular formula is C13H10N6O2S. The minimum Gasteiger partial charge on any atom is -0.361 e. The van der Waals surface area contributed by atoms with E-state index >= 15 is 0 Å². The van der Waals surface area contributed by atoms with E-state index in [0.717, 1.165) is 16.0 Å². The second-order valence-electron chi connectivity index (χ2n) is 4.55. The van der Waals surface area contributed by atoms with Crippen molar-refractivity contribution < 1.29 is 9.05 Å². The second-order valence-corrected chi connectivity index (χ2v) is 5.46. The van der Waals surface area contributed by atoms with Gasteiger partial charge in [0.15, 0.2) is 5.69 Å². The SMILES string of the molecule is Cc1cc(-c2noc(CNc3ncnc4ccsc34)n2)no1. The van der Waals surface area contributed by atoms with Gasteiger partial charge in [0.2, 0.25) is 11.7 Å². The van der Waals surface area contributed by atoms with E-state index in [-0.39, 0.29) is 0 Å². The zero-order valence-electron chi connectivity index (χ0n) is 11.5. The van der Waals surface area contributed by atoms with Gasteiger partial charge in [-0.15, -0.1) is 11.3 Å². The molecule has 4 aromatic heterocycles. The molecule has 1 N–H and O–H groups in total. The quantitative estimate of drug-likeness (QED) is 0.613. The van der Waals surface area contributed by atoms with Gasteiger partial charge in [0.25, 0.3) is 0 Å². The standard InChI is InChI=1S/C13H10N6O2S/c1-7-4-9(18-20-7)12-17-10(21-19-12)5-14-13-11-8(2-3-22-11)15-6-16-13/h2-4,6H,5H2,1H3,(H,14,15,16). The maximum Gasteiger partial charge on any atom is 0.246 e. The van der Waals surface area contributed by atoms with E-state index in [1.54, 1.807) is 24.3 Å². The van der Waals surface area contributed by atoms with Crippen LogP contribution < -0.4 is 5.32 Å². The maximum atomic E-state index is 5.20. The lowest BCUT2D eigenvalue weighted by Gasteiger charge is -2.02. The number of thiophene rings is 1. The molecule has 0 aliphatic carbocycles. The zero-order chi connectivity index (χ0) is 14.9. The van der Waals surface area contributed by atoms with Crippen LogP contribution in [0.2, 0.25) is 0 Å². The third-order valence-corrected chi connectivity index (χ3v) is 3.89. The lowest BCUT2D eigenvalue weighted by Crippen LogP contribution is -2.02. The number of nitrogens with one attached hydrogen (secondary N) is 1. The van der Waals surface area contributed by atoms with Gasteiger partial charge in [-0.25, -0.2) is 9.97 Å². The Hall–Kier alpha value is -2.81. The summed E-state index contributed by atoms with van der Waals surface area (Å²) < 4.78 is 11.2. The minimum absolute atomic E-state index is 0.369. The molecule has 9 heteroatoms. The molecule has 0 fully saturated rings. The molecule has 0 radical (unpaired) electrons. The molecule has 0 aliphatic rings. The molecule has 0 unspecified atom stereocenters. The van der Waals surface area contributed by atoms with Crippen LogP contribution in [0.5, 0.6) is 0 Å². The van der Waals surface area contributed by atoms with Crippen LogP contribution in [0.1, 0.15) is 11.7 Å². The van der Waals surface area contributed by atoms with Gasteiger partial charge in [-0.3, -0.25) is 0 Å². The summed E-state index contributed by atoms with van der Waals surface area (Å²) in [5.41, 5.74) is 1.46. The Morgan fingerprint density at radius 1 is 1.23 bits per heavy atom. The van der Waals surface area contributed by atoms with Crippen molar-refractivity contribution in [2.24, 2.45) is 0 Å². The Labute approximate surface area is 128 Å². The van der Waals surface area contributed by atoms with Crippen LogP contribution in [0.3, 0.4) is 0 Å². The third-order valence-electron chi connectivity index (χ3n) is 2.98. The van der Waals surface area contributed by atoms with Crippen molar-refractivity contribution in [3.8, 4) is 11.5 Å². The third kappa shape index (κ3) is 2.31. The van der Waals surface area contributed by atoms with Gasteiger partial charge in [-0.1, -0.05) is 10.3 Å². The zero-order valence-corrected chi connectivity index (χ0v) is 12.3. The van der Waals surface area contributed by atoms with Crippen LogP contribution in [0.15, 0.2) is 32.9 Å². The summed E-state index contributed by atoms with van der Waals surface area (Å²) in [5.74, 6) is 2.29. The first-order valence-electron chi connectivity index (χ1n) is 6.48. The van der Waals surface area contributed by atoms with Crippen molar-refractivity contribution in [2.45, 2.75) is 13.5 Å². The molecule has 8 nitrogen and oxygen atoms in total. The summed E-state index contributed by atoms with van der Waals surface area (Å²) in [6.07, 6.45) is 1.52. The molecule has 0 saturated carbocycles. The molecule has 22 heavy (non-hydrogen) atoms. The average molecular weight is 314 g/mol. The van der Waals surface area contributed by atoms with Crippen LogP contribution in [0.4, 0.5) is 5.82 Å². The Morgan fingerprint density at radius 3 is 3.05 bits per heavy atom. The van der Waals surface area contributed by atoms with E-state index in [4.69, 9.17) is 9.05 Å². The van der Waals surface area contributed by atoms with Crippen LogP contribution in [0.25, 0.3) is 21.7 Å². The number of aromatic nitrogens is 5. The summed E-state index contributed by atoms with van der Waals surface area (Å²) in [7, 11) is 0. The highest BCUT2D eigenvalue weighted by Crippen LogP contribution is 2.25. The highest BCUT2D eigenvalue weighted by Gasteiger charge is 2.13. The average Bonchev–Trinajstić information content (AvgIpc) is 3.24. The number of nitrogens with zero attached hydrogens (tertiary/aromatic N) is 5. The first-order valence-corrected chi connectivity index (χ1v) is 7.36. The van der Waals surface area contributed by atoms with Gasteiger partial charge < -0.3 is 14.4 Å². The second kappa shape index (κ2) is 5.19. The van der Waals surface area contributed by atoms with Crippen LogP contribution in [-0.2, 0) is 6.54 Å². The summed E-state index contributed by atoms with van der Waals surface area (Å²) in [6, 6.07) is 3.70. The topological polar surface area (TPSA) is 103 Å². The van der Waals surface area contributed by atoms with Crippen molar-refractivity contribution >= 4 is 27.4 Å². The molecule has 0 atom stereocenters. The number of fused-ring (bicyclic) bond motifs is 1. The highest BCUT2D eigenvalue weighted by atomic mass is 32.1. The van der Waals surface area contributed by atoms with Crippen molar-refractivity contribution in [3.63, 3.8) is 0 Å². The predicted octanol–water partition coefficient (Wildman–Crippen LogP) is 2.65. The molecule has 4 rings (SSSR count). The molecule has 4 heterocycles. The van der Waals surface area contributed by atoms with Crippen molar-refractivity contribution in [2.75, 3.05) is 5.32 Å². The molecule has 110 valence electrons. The van der Waals surface area contributed by atoms with E-state index < -0.39 is 0 Å². The first kappa shape index (κ1) is 12.9. The van der Waals surface area contributed by atoms with E-state index in [1.165, 1.54) is 6.33 Å². The highest BCUT2D eigenvalue weighted by molar-refractivity contribution is 7.17. The van der Waals surface area contributed by atoms with Crippen molar-refractivity contribution in [1.82, 2.24) is 25.3 Å². The monoisotopic (exact) mass is 314 g/mol. The van der Waals surface area contributed by atoms with E-state index in [0.29, 0.717) is 29.7 Å². The molecule has 0 spiro atoms. The van der Waals surface area contributed by atoms with Gasteiger partial charge in [0, 0.05) is 6.07 Å². The molecule has 0 aliphatic heterocycles. The fraction of sp³-hybridized carbons (Fsp3) is 0.154. The van der Waals surface area contributed by atoms with Crippen LogP contribution >= 0.6 is 11.3 Å². The van der Waals surface area contributed by atoms with Crippen LogP contribution in [-0.4, -0.2) is 25.3 Å². The van der Waals surface area contributed by atoms with Crippen molar-refractivity contribution in [1.29, 1.82) is 0 Å². The largest absolute Gasteiger partial charge is 0.361 e. The Balaban J connectivity index is 1.52. The van der Waals surface area contributed by atoms with Gasteiger partial charge in [-0.2, -0.15) is 4.98 Å². The molecule has 0 amide bonds. The minimum atomic E-state index is 0.369.